The lowest BCUT2D eigenvalue weighted by Crippen LogP contribution is -1.91. The number of nitrogens with zero attached hydrogens (tertiary/aromatic N) is 1. The van der Waals surface area contributed by atoms with Crippen LogP contribution in [0.25, 0.3) is 0 Å². The molecule has 0 aromatic rings. The molecule has 0 saturated heterocycles. The molecule has 12 heavy (non-hydrogen) atoms. The Morgan fingerprint density at radius 1 is 1.50 bits per heavy atom. The fraction of sp³-hybridized carbons (Fsp3) is 0.545. The molecular formula is C11H19N. The van der Waals surface area contributed by atoms with Gasteiger partial charge in [-0.05, 0) is 24.8 Å². The molecule has 0 atom stereocenters. The number of hydrogen-bond acceptors (Lipinski definition) is 1. The van der Waals surface area contributed by atoms with Gasteiger partial charge in [-0.1, -0.05) is 33.4 Å². The van der Waals surface area contributed by atoms with Crippen LogP contribution in [0.3, 0.4) is 0 Å². The Morgan fingerprint density at radius 2 is 2.08 bits per heavy atom. The monoisotopic (exact) mass is 165 g/mol. The summed E-state index contributed by atoms with van der Waals surface area (Å²) in [5.41, 5.74) is 2.36. The number of allylic oxidation sites excluding steroid dienone is 2. The molecule has 0 bridgehead atoms. The average Bonchev–Trinajstić information content (AvgIpc) is 2.04. The summed E-state index contributed by atoms with van der Waals surface area (Å²) < 4.78 is 0. The van der Waals surface area contributed by atoms with Gasteiger partial charge in [-0.2, -0.15) is 0 Å². The molecule has 0 unspecified atom stereocenters. The van der Waals surface area contributed by atoms with Gasteiger partial charge in [0.1, 0.15) is 0 Å². The minimum atomic E-state index is 0.510. The van der Waals surface area contributed by atoms with Crippen molar-refractivity contribution in [3.8, 4) is 0 Å². The second-order valence-corrected chi connectivity index (χ2v) is 3.21. The van der Waals surface area contributed by atoms with Gasteiger partial charge in [-0.3, -0.25) is 4.99 Å². The van der Waals surface area contributed by atoms with Crippen molar-refractivity contribution < 1.29 is 0 Å². The summed E-state index contributed by atoms with van der Waals surface area (Å²) in [6, 6.07) is 0. The third kappa shape index (κ3) is 4.12. The predicted octanol–water partition coefficient (Wildman–Crippen LogP) is 3.58. The van der Waals surface area contributed by atoms with E-state index in [1.54, 1.807) is 0 Å². The van der Waals surface area contributed by atoms with Gasteiger partial charge < -0.3 is 0 Å². The minimum Gasteiger partial charge on any atom is -0.266 e. The predicted molar refractivity (Wildman–Crippen MR) is 56.5 cm³/mol. The van der Waals surface area contributed by atoms with Crippen molar-refractivity contribution in [3.05, 3.63) is 24.4 Å². The molecule has 0 saturated carbocycles. The molecule has 0 rings (SSSR count). The summed E-state index contributed by atoms with van der Waals surface area (Å²) in [5.74, 6) is 0.510. The van der Waals surface area contributed by atoms with Gasteiger partial charge in [-0.25, -0.2) is 0 Å². The Labute approximate surface area is 75.9 Å². The molecular weight excluding hydrogens is 146 g/mol. The molecule has 0 aromatic heterocycles. The first-order valence-corrected chi connectivity index (χ1v) is 4.47. The van der Waals surface area contributed by atoms with E-state index in [0.29, 0.717) is 5.92 Å². The van der Waals surface area contributed by atoms with E-state index in [2.05, 4.69) is 32.3 Å². The Morgan fingerprint density at radius 3 is 2.42 bits per heavy atom. The van der Waals surface area contributed by atoms with Crippen LogP contribution in [0.2, 0.25) is 0 Å². The molecule has 1 nitrogen and oxygen atoms in total. The molecule has 0 aliphatic heterocycles. The molecule has 0 radical (unpaired) electrons. The van der Waals surface area contributed by atoms with Crippen molar-refractivity contribution in [1.82, 2.24) is 0 Å². The van der Waals surface area contributed by atoms with Crippen LogP contribution in [0, 0.1) is 5.92 Å². The third-order valence-corrected chi connectivity index (χ3v) is 1.85. The van der Waals surface area contributed by atoms with Crippen molar-refractivity contribution >= 4 is 5.71 Å². The molecule has 1 heteroatoms. The van der Waals surface area contributed by atoms with Crippen LogP contribution in [0.4, 0.5) is 0 Å². The van der Waals surface area contributed by atoms with E-state index in [1.807, 2.05) is 19.2 Å². The molecule has 0 spiro atoms. The Bertz CT molecular complexity index is 197. The van der Waals surface area contributed by atoms with Crippen LogP contribution in [0.1, 0.15) is 34.1 Å². The fourth-order valence-electron chi connectivity index (χ4n) is 0.713. The third-order valence-electron chi connectivity index (χ3n) is 1.85. The molecule has 0 amide bonds. The first-order valence-electron chi connectivity index (χ1n) is 4.47. The summed E-state index contributed by atoms with van der Waals surface area (Å²) in [6.45, 7) is 12.2. The largest absolute Gasteiger partial charge is 0.266 e. The summed E-state index contributed by atoms with van der Waals surface area (Å²) in [6.07, 6.45) is 4.80. The van der Waals surface area contributed by atoms with Gasteiger partial charge >= 0.3 is 0 Å². The van der Waals surface area contributed by atoms with E-state index < -0.39 is 0 Å². The minimum absolute atomic E-state index is 0.510. The van der Waals surface area contributed by atoms with Crippen molar-refractivity contribution in [3.63, 3.8) is 0 Å². The second kappa shape index (κ2) is 5.76. The molecule has 0 fully saturated rings. The molecule has 0 aliphatic rings. The molecule has 68 valence electrons. The van der Waals surface area contributed by atoms with Crippen LogP contribution in [0.5, 0.6) is 0 Å². The SMILES string of the molecule is C=C/C(=C\N=C(/C)CC)C(C)C. The van der Waals surface area contributed by atoms with E-state index in [4.69, 9.17) is 0 Å². The lowest BCUT2D eigenvalue weighted by molar-refractivity contribution is 0.789. The second-order valence-electron chi connectivity index (χ2n) is 3.21. The van der Waals surface area contributed by atoms with E-state index >= 15 is 0 Å². The summed E-state index contributed by atoms with van der Waals surface area (Å²) >= 11 is 0. The smallest absolute Gasteiger partial charge is 0.0301 e. The van der Waals surface area contributed by atoms with Crippen LogP contribution in [-0.2, 0) is 0 Å². The molecule has 0 aromatic carbocycles. The van der Waals surface area contributed by atoms with Crippen molar-refractivity contribution in [2.45, 2.75) is 34.1 Å². The summed E-state index contributed by atoms with van der Waals surface area (Å²) in [7, 11) is 0. The number of aliphatic imine (C=N–C) groups is 1. The first-order chi connectivity index (χ1) is 5.61. The van der Waals surface area contributed by atoms with Crippen LogP contribution in [0.15, 0.2) is 29.4 Å². The lowest BCUT2D eigenvalue weighted by Gasteiger charge is -2.03. The van der Waals surface area contributed by atoms with Gasteiger partial charge in [0.2, 0.25) is 0 Å². The first kappa shape index (κ1) is 11.2. The molecule has 0 heterocycles. The van der Waals surface area contributed by atoms with Crippen LogP contribution < -0.4 is 0 Å². The zero-order valence-corrected chi connectivity index (χ0v) is 8.59. The van der Waals surface area contributed by atoms with Crippen molar-refractivity contribution in [2.75, 3.05) is 0 Å². The Kier molecular flexibility index (Phi) is 5.35. The molecule has 0 N–H and O–H groups in total. The summed E-state index contributed by atoms with van der Waals surface area (Å²) in [5, 5.41) is 0. The van der Waals surface area contributed by atoms with Crippen molar-refractivity contribution in [2.24, 2.45) is 10.9 Å². The highest BCUT2D eigenvalue weighted by Gasteiger charge is 1.96. The maximum absolute atomic E-state index is 4.32. The summed E-state index contributed by atoms with van der Waals surface area (Å²) in [4.78, 5) is 4.32. The Hall–Kier alpha value is -0.850. The van der Waals surface area contributed by atoms with Gasteiger partial charge in [-0.15, -0.1) is 0 Å². The Balaban J connectivity index is 4.40. The zero-order chi connectivity index (χ0) is 9.56. The quantitative estimate of drug-likeness (QED) is 0.446. The standard InChI is InChI=1S/C11H19N/c1-6-10(5)12-8-11(7-2)9(3)4/h7-9H,2,6H2,1,3-5H3/b11-8+,12-10+. The highest BCUT2D eigenvalue weighted by molar-refractivity contribution is 5.82. The topological polar surface area (TPSA) is 12.4 Å². The molecule has 0 aliphatic carbocycles. The normalized spacial score (nSPS) is 13.8. The highest BCUT2D eigenvalue weighted by Crippen LogP contribution is 2.10. The van der Waals surface area contributed by atoms with Crippen LogP contribution >= 0.6 is 0 Å². The fourth-order valence-corrected chi connectivity index (χ4v) is 0.713. The number of hydrogen-bond donors (Lipinski definition) is 0. The average molecular weight is 165 g/mol. The van der Waals surface area contributed by atoms with Gasteiger partial charge in [0.25, 0.3) is 0 Å². The number of rotatable bonds is 4. The van der Waals surface area contributed by atoms with E-state index in [9.17, 15) is 0 Å². The van der Waals surface area contributed by atoms with Gasteiger partial charge in [0, 0.05) is 11.9 Å². The van der Waals surface area contributed by atoms with Gasteiger partial charge in [0.05, 0.1) is 0 Å². The lowest BCUT2D eigenvalue weighted by atomic mass is 10.1. The highest BCUT2D eigenvalue weighted by atomic mass is 14.7. The zero-order valence-electron chi connectivity index (χ0n) is 8.59. The van der Waals surface area contributed by atoms with Crippen molar-refractivity contribution in [1.29, 1.82) is 0 Å². The van der Waals surface area contributed by atoms with Crippen LogP contribution in [-0.4, -0.2) is 5.71 Å². The van der Waals surface area contributed by atoms with E-state index in [1.165, 1.54) is 5.57 Å². The maximum atomic E-state index is 4.32. The van der Waals surface area contributed by atoms with Gasteiger partial charge in [0.15, 0.2) is 0 Å². The van der Waals surface area contributed by atoms with E-state index in [-0.39, 0.29) is 0 Å². The maximum Gasteiger partial charge on any atom is 0.0301 e. The van der Waals surface area contributed by atoms with E-state index in [0.717, 1.165) is 12.1 Å².